The van der Waals surface area contributed by atoms with Crippen LogP contribution in [0.2, 0.25) is 0 Å². The number of aromatic nitrogens is 2. The molecule has 0 bridgehead atoms. The van der Waals surface area contributed by atoms with E-state index in [-0.39, 0.29) is 6.04 Å². The lowest BCUT2D eigenvalue weighted by Gasteiger charge is -2.39. The van der Waals surface area contributed by atoms with Gasteiger partial charge in [-0.05, 0) is 68.6 Å². The van der Waals surface area contributed by atoms with E-state index in [9.17, 15) is 0 Å². The zero-order chi connectivity index (χ0) is 34.7. The van der Waals surface area contributed by atoms with Crippen LogP contribution in [0.3, 0.4) is 0 Å². The summed E-state index contributed by atoms with van der Waals surface area (Å²) in [6, 6.07) is 59.8. The average molecular weight is 695 g/mol. The molecule has 9 aromatic rings. The van der Waals surface area contributed by atoms with Gasteiger partial charge in [0.25, 0.3) is 0 Å². The summed E-state index contributed by atoms with van der Waals surface area (Å²) < 4.78 is 2.38. The first-order chi connectivity index (χ1) is 26.3. The molecule has 1 unspecified atom stereocenters. The Morgan fingerprint density at radius 1 is 0.566 bits per heavy atom. The van der Waals surface area contributed by atoms with Crippen molar-refractivity contribution in [1.82, 2.24) is 9.55 Å². The monoisotopic (exact) mass is 694 g/mol. The quantitative estimate of drug-likeness (QED) is 0.186. The number of rotatable bonds is 1. The molecule has 1 N–H and O–H groups in total. The molecule has 0 saturated carbocycles. The van der Waals surface area contributed by atoms with E-state index >= 15 is 0 Å². The van der Waals surface area contributed by atoms with Crippen LogP contribution in [0.4, 0.5) is 5.82 Å². The maximum Gasteiger partial charge on any atom is 0.209 e. The van der Waals surface area contributed by atoms with Crippen LogP contribution in [-0.4, -0.2) is 15.5 Å². The van der Waals surface area contributed by atoms with Gasteiger partial charge in [0.05, 0.1) is 16.4 Å². The van der Waals surface area contributed by atoms with Gasteiger partial charge in [0.2, 0.25) is 5.96 Å². The molecular formula is C48H30N4S. The van der Waals surface area contributed by atoms with Crippen molar-refractivity contribution in [3.63, 3.8) is 0 Å². The van der Waals surface area contributed by atoms with Gasteiger partial charge in [-0.3, -0.25) is 4.57 Å². The molecule has 2 aliphatic heterocycles. The summed E-state index contributed by atoms with van der Waals surface area (Å²) in [7, 11) is 0. The summed E-state index contributed by atoms with van der Waals surface area (Å²) in [4.78, 5) is 13.0. The van der Waals surface area contributed by atoms with Crippen LogP contribution in [0.1, 0.15) is 39.4 Å². The van der Waals surface area contributed by atoms with Gasteiger partial charge in [-0.15, -0.1) is 0 Å². The number of fused-ring (bicyclic) bond motifs is 15. The topological polar surface area (TPSA) is 42.2 Å². The predicted molar refractivity (Wildman–Crippen MR) is 217 cm³/mol. The number of nitrogens with one attached hydrogen (secondary N) is 1. The summed E-state index contributed by atoms with van der Waals surface area (Å²) >= 11 is 1.89. The maximum atomic E-state index is 5.58. The molecule has 0 saturated heterocycles. The number of hydrogen-bond acceptors (Lipinski definition) is 4. The standard InChI is InChI=1S/C48H30N4S/c1-2-14-30(15-3-1)44-35-19-12-26-49-46(35)51-47(50-44)52-41-28-40-43(27-36(41)34-25-24-29-13-4-5-16-31(29)45(34)52)53-42-23-11-10-22-39(42)48(40)37-20-8-6-17-32(37)33-18-7-9-21-38(33)48/h1-28,44H,(H,49,50,51). The van der Waals surface area contributed by atoms with Gasteiger partial charge in [-0.1, -0.05) is 151 Å². The highest BCUT2D eigenvalue weighted by Crippen LogP contribution is 2.62. The molecule has 1 spiro atoms. The molecule has 0 fully saturated rings. The van der Waals surface area contributed by atoms with E-state index in [2.05, 4.69) is 168 Å². The molecule has 1 atom stereocenters. The molecule has 7 aromatic carbocycles. The van der Waals surface area contributed by atoms with Crippen molar-refractivity contribution in [3.8, 4) is 11.1 Å². The minimum atomic E-state index is -0.482. The number of anilines is 1. The van der Waals surface area contributed by atoms with Gasteiger partial charge in [0, 0.05) is 37.7 Å². The fourth-order valence-electron chi connectivity index (χ4n) is 9.42. The third kappa shape index (κ3) is 3.87. The highest BCUT2D eigenvalue weighted by Gasteiger charge is 2.50. The van der Waals surface area contributed by atoms with Crippen molar-refractivity contribution in [2.24, 2.45) is 4.99 Å². The largest absolute Gasteiger partial charge is 0.310 e. The first kappa shape index (κ1) is 29.2. The van der Waals surface area contributed by atoms with Crippen LogP contribution < -0.4 is 5.32 Å². The molecule has 4 nitrogen and oxygen atoms in total. The summed E-state index contributed by atoms with van der Waals surface area (Å²) in [6.45, 7) is 0. The zero-order valence-corrected chi connectivity index (χ0v) is 29.3. The van der Waals surface area contributed by atoms with Crippen molar-refractivity contribution in [2.45, 2.75) is 21.2 Å². The van der Waals surface area contributed by atoms with Crippen molar-refractivity contribution < 1.29 is 0 Å². The van der Waals surface area contributed by atoms with Gasteiger partial charge in [-0.2, -0.15) is 0 Å². The van der Waals surface area contributed by atoms with Gasteiger partial charge < -0.3 is 5.32 Å². The van der Waals surface area contributed by atoms with Crippen LogP contribution in [0, 0.1) is 0 Å². The fourth-order valence-corrected chi connectivity index (χ4v) is 10.6. The second kappa shape index (κ2) is 10.8. The minimum absolute atomic E-state index is 0.210. The number of pyridine rings is 1. The second-order valence-electron chi connectivity index (χ2n) is 14.2. The molecule has 248 valence electrons. The van der Waals surface area contributed by atoms with E-state index in [1.807, 2.05) is 24.0 Å². The molecule has 53 heavy (non-hydrogen) atoms. The molecule has 5 heteroatoms. The molecule has 2 aromatic heterocycles. The minimum Gasteiger partial charge on any atom is -0.310 e. The van der Waals surface area contributed by atoms with E-state index in [4.69, 9.17) is 9.98 Å². The molecule has 0 radical (unpaired) electrons. The predicted octanol–water partition coefficient (Wildman–Crippen LogP) is 11.6. The third-order valence-corrected chi connectivity index (χ3v) is 12.7. The first-order valence-electron chi connectivity index (χ1n) is 18.1. The van der Waals surface area contributed by atoms with Crippen LogP contribution >= 0.6 is 11.8 Å². The SMILES string of the molecule is c1ccc(C2N=C(n3c4cc5c(cc4c4ccc6ccccc6c43)Sc3ccccc3C53c4ccccc4-c4ccccc43)Nc3ncccc32)cc1. The van der Waals surface area contributed by atoms with Crippen LogP contribution in [-0.2, 0) is 5.41 Å². The van der Waals surface area contributed by atoms with E-state index in [0.29, 0.717) is 0 Å². The molecule has 3 aliphatic rings. The van der Waals surface area contributed by atoms with E-state index in [1.165, 1.54) is 64.7 Å². The Morgan fingerprint density at radius 3 is 2.11 bits per heavy atom. The highest BCUT2D eigenvalue weighted by atomic mass is 32.2. The number of aliphatic imine (C=N–C) groups is 1. The lowest BCUT2D eigenvalue weighted by atomic mass is 9.67. The molecular weight excluding hydrogens is 665 g/mol. The van der Waals surface area contributed by atoms with Crippen LogP contribution in [0.15, 0.2) is 185 Å². The first-order valence-corrected chi connectivity index (χ1v) is 18.9. The molecule has 0 amide bonds. The normalized spacial score (nSPS) is 16.1. The third-order valence-electron chi connectivity index (χ3n) is 11.6. The van der Waals surface area contributed by atoms with Crippen LogP contribution in [0.25, 0.3) is 43.7 Å². The lowest BCUT2D eigenvalue weighted by molar-refractivity contribution is 0.724. The Kier molecular flexibility index (Phi) is 5.94. The zero-order valence-electron chi connectivity index (χ0n) is 28.5. The summed E-state index contributed by atoms with van der Waals surface area (Å²) in [6.07, 6.45) is 1.86. The Balaban J connectivity index is 1.23. The van der Waals surface area contributed by atoms with Crippen molar-refractivity contribution in [1.29, 1.82) is 0 Å². The summed E-state index contributed by atoms with van der Waals surface area (Å²) in [5, 5.41) is 8.53. The van der Waals surface area contributed by atoms with Gasteiger partial charge >= 0.3 is 0 Å². The van der Waals surface area contributed by atoms with Crippen molar-refractivity contribution in [3.05, 3.63) is 203 Å². The molecule has 12 rings (SSSR count). The number of nitrogens with zero attached hydrogens (tertiary/aromatic N) is 3. The van der Waals surface area contributed by atoms with Crippen LogP contribution in [0.5, 0.6) is 0 Å². The Bertz CT molecular complexity index is 2990. The fraction of sp³-hybridized carbons (Fsp3) is 0.0417. The van der Waals surface area contributed by atoms with E-state index in [0.717, 1.165) is 33.9 Å². The Labute approximate surface area is 310 Å². The van der Waals surface area contributed by atoms with E-state index < -0.39 is 5.41 Å². The highest BCUT2D eigenvalue weighted by molar-refractivity contribution is 7.99. The van der Waals surface area contributed by atoms with Gasteiger partial charge in [0.1, 0.15) is 11.9 Å². The van der Waals surface area contributed by atoms with Gasteiger partial charge in [-0.25, -0.2) is 9.98 Å². The van der Waals surface area contributed by atoms with Crippen molar-refractivity contribution in [2.75, 3.05) is 5.32 Å². The lowest BCUT2D eigenvalue weighted by Crippen LogP contribution is -2.32. The van der Waals surface area contributed by atoms with E-state index in [1.54, 1.807) is 0 Å². The maximum absolute atomic E-state index is 5.58. The summed E-state index contributed by atoms with van der Waals surface area (Å²) in [5.74, 6) is 1.60. The average Bonchev–Trinajstić information content (AvgIpc) is 3.71. The number of hydrogen-bond donors (Lipinski definition) is 1. The molecule has 4 heterocycles. The number of benzene rings is 7. The summed E-state index contributed by atoms with van der Waals surface area (Å²) in [5.41, 5.74) is 11.9. The smallest absolute Gasteiger partial charge is 0.209 e. The Morgan fingerprint density at radius 2 is 1.28 bits per heavy atom. The Hall–Kier alpha value is -6.43. The van der Waals surface area contributed by atoms with Gasteiger partial charge in [0.15, 0.2) is 0 Å². The molecule has 1 aliphatic carbocycles. The second-order valence-corrected chi connectivity index (χ2v) is 15.2. The van der Waals surface area contributed by atoms with Crippen molar-refractivity contribution >= 4 is 56.1 Å².